The van der Waals surface area contributed by atoms with Crippen molar-refractivity contribution in [2.24, 2.45) is 0 Å². The highest BCUT2D eigenvalue weighted by atomic mass is 35.5. The quantitative estimate of drug-likeness (QED) is 0.350. The summed E-state index contributed by atoms with van der Waals surface area (Å²) in [5, 5.41) is 7.62. The number of ketones is 1. The van der Waals surface area contributed by atoms with E-state index in [1.807, 2.05) is 48.5 Å². The molecule has 4 rings (SSSR count). The molecule has 1 N–H and O–H groups in total. The predicted octanol–water partition coefficient (Wildman–Crippen LogP) is 5.89. The number of nitrogens with one attached hydrogen (secondary N) is 1. The summed E-state index contributed by atoms with van der Waals surface area (Å²) in [6, 6.07) is 20.6. The van der Waals surface area contributed by atoms with Gasteiger partial charge in [0, 0.05) is 16.7 Å². The Morgan fingerprint density at radius 1 is 1.00 bits per heavy atom. The van der Waals surface area contributed by atoms with E-state index in [1.54, 1.807) is 30.5 Å². The van der Waals surface area contributed by atoms with Crippen molar-refractivity contribution >= 4 is 23.5 Å². The van der Waals surface area contributed by atoms with E-state index in [4.69, 9.17) is 16.0 Å². The van der Waals surface area contributed by atoms with Gasteiger partial charge in [-0.05, 0) is 36.4 Å². The van der Waals surface area contributed by atoms with Crippen molar-refractivity contribution in [2.75, 3.05) is 0 Å². The smallest absolute Gasteiger partial charge is 0.221 e. The molecule has 132 valence electrons. The van der Waals surface area contributed by atoms with Gasteiger partial charge in [0.05, 0.1) is 16.9 Å². The van der Waals surface area contributed by atoms with Crippen LogP contribution in [-0.4, -0.2) is 16.0 Å². The maximum absolute atomic E-state index is 12.5. The SMILES string of the molecule is O=C(C=Cc1cn[nH]c1-c1ccccc1)c1ccc(-c2ccccc2Cl)o1. The van der Waals surface area contributed by atoms with Crippen LogP contribution in [-0.2, 0) is 0 Å². The third-order valence-electron chi connectivity index (χ3n) is 4.13. The number of halogens is 1. The van der Waals surface area contributed by atoms with Gasteiger partial charge in [-0.15, -0.1) is 0 Å². The molecule has 0 aliphatic rings. The summed E-state index contributed by atoms with van der Waals surface area (Å²) < 4.78 is 5.69. The molecular formula is C22H15ClN2O2. The predicted molar refractivity (Wildman–Crippen MR) is 107 cm³/mol. The Bertz CT molecular complexity index is 1110. The maximum atomic E-state index is 12.5. The average Bonchev–Trinajstić information content (AvgIpc) is 3.37. The summed E-state index contributed by atoms with van der Waals surface area (Å²) in [5.41, 5.74) is 3.44. The Kier molecular flexibility index (Phi) is 4.73. The Morgan fingerprint density at radius 3 is 2.59 bits per heavy atom. The Morgan fingerprint density at radius 2 is 1.78 bits per heavy atom. The molecule has 0 fully saturated rings. The first kappa shape index (κ1) is 17.1. The van der Waals surface area contributed by atoms with Crippen LogP contribution in [0.4, 0.5) is 0 Å². The highest BCUT2D eigenvalue weighted by molar-refractivity contribution is 6.33. The third kappa shape index (κ3) is 3.61. The Balaban J connectivity index is 1.56. The summed E-state index contributed by atoms with van der Waals surface area (Å²) in [4.78, 5) is 12.5. The topological polar surface area (TPSA) is 58.9 Å². The van der Waals surface area contributed by atoms with Crippen molar-refractivity contribution < 1.29 is 9.21 Å². The summed E-state index contributed by atoms with van der Waals surface area (Å²) in [6.07, 6.45) is 4.89. The standard InChI is InChI=1S/C22H15ClN2O2/c23-18-9-5-4-8-17(18)20-12-13-21(27-20)19(26)11-10-16-14-24-25-22(16)15-6-2-1-3-7-15/h1-14H,(H,24,25). The first-order valence-corrected chi connectivity index (χ1v) is 8.76. The molecule has 0 aliphatic carbocycles. The molecule has 0 amide bonds. The van der Waals surface area contributed by atoms with Gasteiger partial charge < -0.3 is 4.42 Å². The molecule has 0 saturated carbocycles. The van der Waals surface area contributed by atoms with Gasteiger partial charge in [-0.2, -0.15) is 5.10 Å². The molecule has 0 aliphatic heterocycles. The van der Waals surface area contributed by atoms with E-state index in [-0.39, 0.29) is 11.5 Å². The van der Waals surface area contributed by atoms with Gasteiger partial charge in [0.25, 0.3) is 0 Å². The second kappa shape index (κ2) is 7.48. The fourth-order valence-corrected chi connectivity index (χ4v) is 3.01. The van der Waals surface area contributed by atoms with E-state index < -0.39 is 0 Å². The molecule has 0 saturated heterocycles. The molecule has 0 unspecified atom stereocenters. The van der Waals surface area contributed by atoms with Crippen LogP contribution in [0.1, 0.15) is 16.1 Å². The van der Waals surface area contributed by atoms with Crippen LogP contribution in [0.25, 0.3) is 28.7 Å². The second-order valence-corrected chi connectivity index (χ2v) is 6.31. The van der Waals surface area contributed by atoms with E-state index >= 15 is 0 Å². The number of nitrogens with zero attached hydrogens (tertiary/aromatic N) is 1. The van der Waals surface area contributed by atoms with Gasteiger partial charge in [-0.3, -0.25) is 9.89 Å². The molecule has 4 nitrogen and oxygen atoms in total. The lowest BCUT2D eigenvalue weighted by molar-refractivity contribution is 0.102. The van der Waals surface area contributed by atoms with E-state index in [2.05, 4.69) is 10.2 Å². The van der Waals surface area contributed by atoms with Gasteiger partial charge in [-0.25, -0.2) is 0 Å². The number of H-pyrrole nitrogens is 1. The van der Waals surface area contributed by atoms with E-state index in [1.165, 1.54) is 6.08 Å². The number of hydrogen-bond acceptors (Lipinski definition) is 3. The lowest BCUT2D eigenvalue weighted by Crippen LogP contribution is -1.90. The van der Waals surface area contributed by atoms with Crippen LogP contribution in [0.5, 0.6) is 0 Å². The summed E-state index contributed by atoms with van der Waals surface area (Å²) in [6.45, 7) is 0. The zero-order valence-corrected chi connectivity index (χ0v) is 15.0. The Labute approximate surface area is 161 Å². The van der Waals surface area contributed by atoms with Gasteiger partial charge in [0.15, 0.2) is 5.76 Å². The highest BCUT2D eigenvalue weighted by Crippen LogP contribution is 2.29. The Hall–Kier alpha value is -3.37. The van der Waals surface area contributed by atoms with Crippen LogP contribution in [0.3, 0.4) is 0 Å². The minimum atomic E-state index is -0.228. The van der Waals surface area contributed by atoms with E-state index in [0.717, 1.165) is 22.4 Å². The van der Waals surface area contributed by atoms with Crippen molar-refractivity contribution in [3.05, 3.63) is 95.3 Å². The number of aromatic nitrogens is 2. The molecule has 2 heterocycles. The minimum Gasteiger partial charge on any atom is -0.453 e. The fourth-order valence-electron chi connectivity index (χ4n) is 2.78. The number of rotatable bonds is 5. The molecule has 5 heteroatoms. The summed E-state index contributed by atoms with van der Waals surface area (Å²) in [7, 11) is 0. The molecule has 27 heavy (non-hydrogen) atoms. The molecule has 0 bridgehead atoms. The first-order valence-electron chi connectivity index (χ1n) is 8.38. The van der Waals surface area contributed by atoms with Gasteiger partial charge in [0.1, 0.15) is 5.76 Å². The molecule has 0 atom stereocenters. The highest BCUT2D eigenvalue weighted by Gasteiger charge is 2.12. The van der Waals surface area contributed by atoms with Gasteiger partial charge in [-0.1, -0.05) is 54.1 Å². The van der Waals surface area contributed by atoms with Gasteiger partial charge in [0.2, 0.25) is 5.78 Å². The average molecular weight is 375 g/mol. The molecular weight excluding hydrogens is 360 g/mol. The zero-order valence-electron chi connectivity index (χ0n) is 14.2. The summed E-state index contributed by atoms with van der Waals surface area (Å²) in [5.74, 6) is 0.588. The third-order valence-corrected chi connectivity index (χ3v) is 4.46. The molecule has 2 aromatic heterocycles. The number of carbonyl (C=O) groups is 1. The van der Waals surface area contributed by atoms with Crippen molar-refractivity contribution in [1.82, 2.24) is 10.2 Å². The largest absolute Gasteiger partial charge is 0.453 e. The second-order valence-electron chi connectivity index (χ2n) is 5.91. The van der Waals surface area contributed by atoms with Crippen LogP contribution in [0.15, 0.2) is 83.4 Å². The van der Waals surface area contributed by atoms with Crippen molar-refractivity contribution in [3.8, 4) is 22.6 Å². The number of carbonyl (C=O) groups excluding carboxylic acids is 1. The minimum absolute atomic E-state index is 0.228. The fraction of sp³-hybridized carbons (Fsp3) is 0. The lowest BCUT2D eigenvalue weighted by atomic mass is 10.1. The first-order chi connectivity index (χ1) is 13.2. The molecule has 4 aromatic rings. The van der Waals surface area contributed by atoms with E-state index in [9.17, 15) is 4.79 Å². The van der Waals surface area contributed by atoms with E-state index in [0.29, 0.717) is 10.8 Å². The lowest BCUT2D eigenvalue weighted by Gasteiger charge is -1.99. The monoisotopic (exact) mass is 374 g/mol. The maximum Gasteiger partial charge on any atom is 0.221 e. The normalized spacial score (nSPS) is 11.1. The van der Waals surface area contributed by atoms with Crippen LogP contribution < -0.4 is 0 Å². The number of aromatic amines is 1. The summed E-state index contributed by atoms with van der Waals surface area (Å²) >= 11 is 6.18. The van der Waals surface area contributed by atoms with Crippen LogP contribution in [0, 0.1) is 0 Å². The van der Waals surface area contributed by atoms with Crippen molar-refractivity contribution in [2.45, 2.75) is 0 Å². The molecule has 2 aromatic carbocycles. The van der Waals surface area contributed by atoms with Crippen molar-refractivity contribution in [3.63, 3.8) is 0 Å². The van der Waals surface area contributed by atoms with Crippen LogP contribution in [0.2, 0.25) is 5.02 Å². The number of furan rings is 1. The van der Waals surface area contributed by atoms with Gasteiger partial charge >= 0.3 is 0 Å². The zero-order chi connectivity index (χ0) is 18.6. The number of benzene rings is 2. The van der Waals surface area contributed by atoms with Crippen LogP contribution >= 0.6 is 11.6 Å². The number of hydrogen-bond donors (Lipinski definition) is 1. The molecule has 0 radical (unpaired) electrons. The van der Waals surface area contributed by atoms with Crippen molar-refractivity contribution in [1.29, 1.82) is 0 Å². The number of allylic oxidation sites excluding steroid dienone is 1. The molecule has 0 spiro atoms.